The van der Waals surface area contributed by atoms with Crippen LogP contribution in [0.4, 0.5) is 16.2 Å². The Morgan fingerprint density at radius 1 is 1.14 bits per heavy atom. The van der Waals surface area contributed by atoms with Crippen LogP contribution in [0.5, 0.6) is 11.6 Å². The molecule has 2 aliphatic heterocycles. The molecule has 1 spiro atoms. The number of carbonyl (C=O) groups is 2. The highest BCUT2D eigenvalue weighted by atomic mass is 16.6. The van der Waals surface area contributed by atoms with Gasteiger partial charge in [0.2, 0.25) is 5.88 Å². The number of nitrogens with one attached hydrogen (secondary N) is 1. The van der Waals surface area contributed by atoms with Crippen LogP contribution in [0, 0.1) is 0 Å². The molecule has 0 atom stereocenters. The van der Waals surface area contributed by atoms with Crippen molar-refractivity contribution >= 4 is 34.4 Å². The van der Waals surface area contributed by atoms with E-state index in [-0.39, 0.29) is 12.5 Å². The average Bonchev–Trinajstić information content (AvgIpc) is 3.24. The van der Waals surface area contributed by atoms with E-state index in [0.29, 0.717) is 68.1 Å². The van der Waals surface area contributed by atoms with Crippen LogP contribution in [0.3, 0.4) is 0 Å². The normalized spacial score (nSPS) is 25.0. The number of ether oxygens (including phenoxy) is 3. The average molecular weight is 505 g/mol. The van der Waals surface area contributed by atoms with E-state index in [1.807, 2.05) is 12.1 Å². The fourth-order valence-electron chi connectivity index (χ4n) is 5.49. The van der Waals surface area contributed by atoms with E-state index in [1.54, 1.807) is 42.5 Å². The van der Waals surface area contributed by atoms with E-state index in [4.69, 9.17) is 14.2 Å². The lowest BCUT2D eigenvalue weighted by atomic mass is 9.73. The molecule has 3 aliphatic rings. The molecule has 10 heteroatoms. The van der Waals surface area contributed by atoms with Gasteiger partial charge >= 0.3 is 6.09 Å². The summed E-state index contributed by atoms with van der Waals surface area (Å²) >= 11 is 0. The summed E-state index contributed by atoms with van der Waals surface area (Å²) in [5.41, 5.74) is 2.27. The van der Waals surface area contributed by atoms with Gasteiger partial charge in [0.05, 0.1) is 36.0 Å². The molecule has 2 fully saturated rings. The van der Waals surface area contributed by atoms with Crippen LogP contribution in [-0.4, -0.2) is 58.5 Å². The second kappa shape index (κ2) is 8.88. The molecule has 3 aromatic rings. The quantitative estimate of drug-likeness (QED) is 0.540. The van der Waals surface area contributed by atoms with Gasteiger partial charge in [-0.2, -0.15) is 0 Å². The van der Waals surface area contributed by atoms with E-state index in [0.717, 1.165) is 16.6 Å². The number of aliphatic hydroxyl groups is 1. The van der Waals surface area contributed by atoms with Crippen molar-refractivity contribution in [3.8, 4) is 11.6 Å². The molecule has 0 radical (unpaired) electrons. The number of aryl methyl sites for hydroxylation is 1. The molecule has 1 aliphatic carbocycles. The van der Waals surface area contributed by atoms with Crippen LogP contribution >= 0.6 is 0 Å². The van der Waals surface area contributed by atoms with Crippen LogP contribution in [-0.2, 0) is 16.0 Å². The molecule has 1 saturated carbocycles. The molecular weight excluding hydrogens is 476 g/mol. The SMILES string of the molecule is COc1ccc2nccc(CCC3(O)CCC4(CC3)CN(c3ccc5c(c3)NC(=O)CO5)C(=O)O4)c2n1. The third-order valence-corrected chi connectivity index (χ3v) is 7.68. The number of fused-ring (bicyclic) bond motifs is 2. The van der Waals surface area contributed by atoms with Gasteiger partial charge in [0.1, 0.15) is 11.4 Å². The highest BCUT2D eigenvalue weighted by Gasteiger charge is 2.50. The van der Waals surface area contributed by atoms with Crippen molar-refractivity contribution in [3.63, 3.8) is 0 Å². The third kappa shape index (κ3) is 4.42. The first kappa shape index (κ1) is 23.5. The first-order chi connectivity index (χ1) is 17.9. The Morgan fingerprint density at radius 2 is 1.97 bits per heavy atom. The maximum absolute atomic E-state index is 12.8. The van der Waals surface area contributed by atoms with Gasteiger partial charge in [0, 0.05) is 18.0 Å². The van der Waals surface area contributed by atoms with Crippen molar-refractivity contribution in [2.75, 3.05) is 30.5 Å². The molecule has 1 aromatic carbocycles. The first-order valence-corrected chi connectivity index (χ1v) is 12.4. The zero-order valence-electron chi connectivity index (χ0n) is 20.5. The van der Waals surface area contributed by atoms with Crippen molar-refractivity contribution in [1.82, 2.24) is 9.97 Å². The molecule has 1 saturated heterocycles. The molecular formula is C27H28N4O6. The Bertz CT molecular complexity index is 1380. The highest BCUT2D eigenvalue weighted by molar-refractivity contribution is 5.97. The van der Waals surface area contributed by atoms with Gasteiger partial charge in [0.15, 0.2) is 6.61 Å². The monoisotopic (exact) mass is 504 g/mol. The predicted octanol–water partition coefficient (Wildman–Crippen LogP) is 3.60. The zero-order valence-corrected chi connectivity index (χ0v) is 20.5. The second-order valence-corrected chi connectivity index (χ2v) is 10.1. The van der Waals surface area contributed by atoms with Crippen LogP contribution in [0.1, 0.15) is 37.7 Å². The van der Waals surface area contributed by atoms with Gasteiger partial charge in [0.25, 0.3) is 5.91 Å². The number of amides is 2. The number of aromatic nitrogens is 2. The minimum absolute atomic E-state index is 0.0216. The number of hydrogen-bond acceptors (Lipinski definition) is 8. The fourth-order valence-corrected chi connectivity index (χ4v) is 5.49. The number of pyridine rings is 2. The maximum atomic E-state index is 12.8. The van der Waals surface area contributed by atoms with Gasteiger partial charge in [-0.15, -0.1) is 0 Å². The number of carbonyl (C=O) groups excluding carboxylic acids is 2. The summed E-state index contributed by atoms with van der Waals surface area (Å²) in [7, 11) is 1.58. The van der Waals surface area contributed by atoms with Gasteiger partial charge in [-0.3, -0.25) is 14.7 Å². The zero-order chi connectivity index (χ0) is 25.6. The largest absolute Gasteiger partial charge is 0.482 e. The van der Waals surface area contributed by atoms with Gasteiger partial charge in [-0.25, -0.2) is 9.78 Å². The Kier molecular flexibility index (Phi) is 5.63. The molecule has 0 bridgehead atoms. The molecule has 4 heterocycles. The molecule has 6 rings (SSSR count). The van der Waals surface area contributed by atoms with Gasteiger partial charge in [-0.05, 0) is 74.4 Å². The number of rotatable bonds is 5. The minimum atomic E-state index is -0.854. The van der Waals surface area contributed by atoms with E-state index < -0.39 is 17.3 Å². The van der Waals surface area contributed by atoms with Crippen molar-refractivity contribution in [2.24, 2.45) is 0 Å². The number of hydrogen-bond donors (Lipinski definition) is 2. The number of methoxy groups -OCH3 is 1. The lowest BCUT2D eigenvalue weighted by molar-refractivity contribution is -0.118. The van der Waals surface area contributed by atoms with Gasteiger partial charge < -0.3 is 24.6 Å². The Balaban J connectivity index is 1.12. The van der Waals surface area contributed by atoms with Gasteiger partial charge in [-0.1, -0.05) is 0 Å². The Labute approximate surface area is 213 Å². The van der Waals surface area contributed by atoms with Crippen molar-refractivity contribution in [1.29, 1.82) is 0 Å². The van der Waals surface area contributed by atoms with E-state index >= 15 is 0 Å². The molecule has 2 amide bonds. The molecule has 0 unspecified atom stereocenters. The van der Waals surface area contributed by atoms with Crippen LogP contribution in [0.2, 0.25) is 0 Å². The van der Waals surface area contributed by atoms with E-state index in [2.05, 4.69) is 15.3 Å². The third-order valence-electron chi connectivity index (χ3n) is 7.68. The topological polar surface area (TPSA) is 123 Å². The van der Waals surface area contributed by atoms with Crippen LogP contribution < -0.4 is 19.7 Å². The maximum Gasteiger partial charge on any atom is 0.415 e. The lowest BCUT2D eigenvalue weighted by Gasteiger charge is -2.40. The lowest BCUT2D eigenvalue weighted by Crippen LogP contribution is -2.45. The molecule has 2 aromatic heterocycles. The molecule has 192 valence electrons. The Hall–Kier alpha value is -3.92. The summed E-state index contributed by atoms with van der Waals surface area (Å²) < 4.78 is 16.6. The minimum Gasteiger partial charge on any atom is -0.482 e. The predicted molar refractivity (Wildman–Crippen MR) is 135 cm³/mol. The summed E-state index contributed by atoms with van der Waals surface area (Å²) in [6.07, 6.45) is 4.76. The summed E-state index contributed by atoms with van der Waals surface area (Å²) in [4.78, 5) is 35.0. The number of benzene rings is 1. The standard InChI is InChI=1S/C27H28N4O6/c1-35-23-5-3-19-24(30-23)17(7-13-28-19)6-8-26(34)9-11-27(12-10-26)16-31(25(33)37-27)18-2-4-21-20(14-18)29-22(32)15-36-21/h2-5,7,13-14,34H,6,8-12,15-16H2,1H3,(H,29,32). The smallest absolute Gasteiger partial charge is 0.415 e. The fraction of sp³-hybridized carbons (Fsp3) is 0.407. The van der Waals surface area contributed by atoms with Crippen molar-refractivity contribution in [2.45, 2.75) is 49.7 Å². The summed E-state index contributed by atoms with van der Waals surface area (Å²) in [6.45, 7) is 0.375. The van der Waals surface area contributed by atoms with Crippen molar-refractivity contribution < 1.29 is 28.9 Å². The van der Waals surface area contributed by atoms with Crippen molar-refractivity contribution in [3.05, 3.63) is 48.2 Å². The second-order valence-electron chi connectivity index (χ2n) is 10.1. The van der Waals surface area contributed by atoms with E-state index in [1.165, 1.54) is 0 Å². The number of anilines is 2. The highest BCUT2D eigenvalue weighted by Crippen LogP contribution is 2.44. The summed E-state index contributed by atoms with van der Waals surface area (Å²) in [5, 5.41) is 14.2. The molecule has 2 N–H and O–H groups in total. The van der Waals surface area contributed by atoms with Crippen LogP contribution in [0.15, 0.2) is 42.6 Å². The Morgan fingerprint density at radius 3 is 2.78 bits per heavy atom. The molecule has 37 heavy (non-hydrogen) atoms. The van der Waals surface area contributed by atoms with Crippen LogP contribution in [0.25, 0.3) is 11.0 Å². The molecule has 10 nitrogen and oxygen atoms in total. The number of nitrogens with zero attached hydrogens (tertiary/aromatic N) is 3. The first-order valence-electron chi connectivity index (χ1n) is 12.4. The summed E-state index contributed by atoms with van der Waals surface area (Å²) in [5.74, 6) is 0.872. The summed E-state index contributed by atoms with van der Waals surface area (Å²) in [6, 6.07) is 10.9. The van der Waals surface area contributed by atoms with E-state index in [9.17, 15) is 14.7 Å².